The number of hydrogen-bond acceptors (Lipinski definition) is 6. The highest BCUT2D eigenvalue weighted by molar-refractivity contribution is 9.10. The quantitative estimate of drug-likeness (QED) is 0.581. The standard InChI is InChI=1S/C20H21BrN4O4/c1-12-19(23-24-25(12)14-7-5-6-13(21)8-14)20(26)22-11-16-17(28-3)9-15(27-2)10-18(16)29-4/h5-10H,11H2,1-4H3,(H,22,26). The molecule has 0 radical (unpaired) electrons. The Morgan fingerprint density at radius 1 is 1.10 bits per heavy atom. The Labute approximate surface area is 176 Å². The van der Waals surface area contributed by atoms with Crippen LogP contribution in [0, 0.1) is 6.92 Å². The molecule has 0 bridgehead atoms. The number of nitrogens with one attached hydrogen (secondary N) is 1. The number of benzene rings is 2. The molecule has 3 aromatic rings. The van der Waals surface area contributed by atoms with Gasteiger partial charge in [-0.25, -0.2) is 4.68 Å². The summed E-state index contributed by atoms with van der Waals surface area (Å²) in [5, 5.41) is 11.0. The van der Waals surface area contributed by atoms with E-state index in [-0.39, 0.29) is 18.1 Å². The minimum absolute atomic E-state index is 0.193. The number of ether oxygens (including phenoxy) is 3. The van der Waals surface area contributed by atoms with Crippen molar-refractivity contribution in [2.75, 3.05) is 21.3 Å². The van der Waals surface area contributed by atoms with Crippen LogP contribution in [0.1, 0.15) is 21.7 Å². The van der Waals surface area contributed by atoms with E-state index in [0.717, 1.165) is 10.2 Å². The van der Waals surface area contributed by atoms with Gasteiger partial charge in [-0.2, -0.15) is 0 Å². The van der Waals surface area contributed by atoms with E-state index in [0.29, 0.717) is 28.5 Å². The van der Waals surface area contributed by atoms with Crippen LogP contribution in [-0.2, 0) is 6.54 Å². The van der Waals surface area contributed by atoms with E-state index >= 15 is 0 Å². The third-order valence-corrected chi connectivity index (χ3v) is 4.90. The first-order chi connectivity index (χ1) is 14.0. The van der Waals surface area contributed by atoms with E-state index < -0.39 is 0 Å². The summed E-state index contributed by atoms with van der Waals surface area (Å²) >= 11 is 3.43. The maximum Gasteiger partial charge on any atom is 0.274 e. The molecule has 1 amide bonds. The van der Waals surface area contributed by atoms with Crippen molar-refractivity contribution in [3.05, 3.63) is 57.8 Å². The Hall–Kier alpha value is -3.07. The molecule has 0 unspecified atom stereocenters. The lowest BCUT2D eigenvalue weighted by Gasteiger charge is -2.15. The Kier molecular flexibility index (Phi) is 6.38. The van der Waals surface area contributed by atoms with Crippen LogP contribution in [0.15, 0.2) is 40.9 Å². The third kappa shape index (κ3) is 4.34. The van der Waals surface area contributed by atoms with Crippen molar-refractivity contribution in [2.45, 2.75) is 13.5 Å². The van der Waals surface area contributed by atoms with Gasteiger partial charge in [-0.3, -0.25) is 4.79 Å². The highest BCUT2D eigenvalue weighted by atomic mass is 79.9. The van der Waals surface area contributed by atoms with Crippen molar-refractivity contribution in [3.63, 3.8) is 0 Å². The fourth-order valence-corrected chi connectivity index (χ4v) is 3.28. The molecule has 0 aliphatic carbocycles. The molecule has 3 rings (SSSR count). The van der Waals surface area contributed by atoms with Gasteiger partial charge in [-0.15, -0.1) is 5.10 Å². The normalized spacial score (nSPS) is 10.5. The number of aromatic nitrogens is 3. The van der Waals surface area contributed by atoms with Gasteiger partial charge in [-0.1, -0.05) is 27.2 Å². The smallest absolute Gasteiger partial charge is 0.274 e. The Bertz CT molecular complexity index is 1010. The van der Waals surface area contributed by atoms with Crippen LogP contribution in [0.25, 0.3) is 5.69 Å². The Morgan fingerprint density at radius 2 is 1.79 bits per heavy atom. The summed E-state index contributed by atoms with van der Waals surface area (Å²) in [7, 11) is 4.66. The molecular weight excluding hydrogens is 440 g/mol. The second-order valence-electron chi connectivity index (χ2n) is 6.11. The maximum atomic E-state index is 12.7. The molecule has 0 aliphatic rings. The van der Waals surface area contributed by atoms with Crippen molar-refractivity contribution < 1.29 is 19.0 Å². The SMILES string of the molecule is COc1cc(OC)c(CNC(=O)c2nnn(-c3cccc(Br)c3)c2C)c(OC)c1. The number of methoxy groups -OCH3 is 3. The van der Waals surface area contributed by atoms with Crippen molar-refractivity contribution in [1.82, 2.24) is 20.3 Å². The Morgan fingerprint density at radius 3 is 2.38 bits per heavy atom. The molecule has 1 heterocycles. The van der Waals surface area contributed by atoms with E-state index in [1.54, 1.807) is 45.1 Å². The summed E-state index contributed by atoms with van der Waals surface area (Å²) in [5.41, 5.74) is 2.38. The summed E-state index contributed by atoms with van der Waals surface area (Å²) < 4.78 is 18.6. The van der Waals surface area contributed by atoms with Crippen LogP contribution in [0.4, 0.5) is 0 Å². The first kappa shape index (κ1) is 20.7. The summed E-state index contributed by atoms with van der Waals surface area (Å²) in [6.07, 6.45) is 0. The van der Waals surface area contributed by atoms with Gasteiger partial charge in [-0.05, 0) is 25.1 Å². The topological polar surface area (TPSA) is 87.5 Å². The fraction of sp³-hybridized carbons (Fsp3) is 0.250. The highest BCUT2D eigenvalue weighted by Gasteiger charge is 2.19. The van der Waals surface area contributed by atoms with Crippen LogP contribution in [0.2, 0.25) is 0 Å². The lowest BCUT2D eigenvalue weighted by atomic mass is 10.1. The molecule has 29 heavy (non-hydrogen) atoms. The van der Waals surface area contributed by atoms with Gasteiger partial charge in [0.2, 0.25) is 0 Å². The van der Waals surface area contributed by atoms with Gasteiger partial charge < -0.3 is 19.5 Å². The molecule has 9 heteroatoms. The molecule has 0 spiro atoms. The van der Waals surface area contributed by atoms with Crippen LogP contribution < -0.4 is 19.5 Å². The minimum atomic E-state index is -0.344. The number of carbonyl (C=O) groups excluding carboxylic acids is 1. The second-order valence-corrected chi connectivity index (χ2v) is 7.02. The van der Waals surface area contributed by atoms with E-state index in [4.69, 9.17) is 14.2 Å². The monoisotopic (exact) mass is 460 g/mol. The third-order valence-electron chi connectivity index (χ3n) is 4.41. The van der Waals surface area contributed by atoms with E-state index in [1.165, 1.54) is 0 Å². The largest absolute Gasteiger partial charge is 0.496 e. The van der Waals surface area contributed by atoms with Gasteiger partial charge in [0.1, 0.15) is 17.2 Å². The molecule has 1 N–H and O–H groups in total. The molecular formula is C20H21BrN4O4. The number of amides is 1. The predicted molar refractivity (Wildman–Crippen MR) is 111 cm³/mol. The zero-order chi connectivity index (χ0) is 21.0. The van der Waals surface area contributed by atoms with Gasteiger partial charge in [0, 0.05) is 16.6 Å². The van der Waals surface area contributed by atoms with Crippen LogP contribution in [-0.4, -0.2) is 42.2 Å². The van der Waals surface area contributed by atoms with Crippen LogP contribution >= 0.6 is 15.9 Å². The summed E-state index contributed by atoms with van der Waals surface area (Å²) in [6.45, 7) is 1.99. The number of rotatable bonds is 7. The van der Waals surface area contributed by atoms with Gasteiger partial charge in [0.25, 0.3) is 5.91 Å². The summed E-state index contributed by atoms with van der Waals surface area (Å²) in [4.78, 5) is 12.7. The molecule has 0 saturated carbocycles. The van der Waals surface area contributed by atoms with Crippen LogP contribution in [0.3, 0.4) is 0 Å². The molecule has 0 saturated heterocycles. The van der Waals surface area contributed by atoms with Gasteiger partial charge >= 0.3 is 0 Å². The first-order valence-corrected chi connectivity index (χ1v) is 9.53. The van der Waals surface area contributed by atoms with E-state index in [9.17, 15) is 4.79 Å². The minimum Gasteiger partial charge on any atom is -0.496 e. The average molecular weight is 461 g/mol. The average Bonchev–Trinajstić information content (AvgIpc) is 3.12. The van der Waals surface area contributed by atoms with Gasteiger partial charge in [0.15, 0.2) is 5.69 Å². The highest BCUT2D eigenvalue weighted by Crippen LogP contribution is 2.34. The fourth-order valence-electron chi connectivity index (χ4n) is 2.90. The van der Waals surface area contributed by atoms with Crippen molar-refractivity contribution in [2.24, 2.45) is 0 Å². The lowest BCUT2D eigenvalue weighted by molar-refractivity contribution is 0.0944. The molecule has 2 aromatic carbocycles. The number of halogens is 1. The second kappa shape index (κ2) is 8.95. The number of nitrogens with zero attached hydrogens (tertiary/aromatic N) is 3. The first-order valence-electron chi connectivity index (χ1n) is 8.73. The lowest BCUT2D eigenvalue weighted by Crippen LogP contribution is -2.24. The Balaban J connectivity index is 1.82. The molecule has 0 fully saturated rings. The maximum absolute atomic E-state index is 12.7. The molecule has 8 nitrogen and oxygen atoms in total. The summed E-state index contributed by atoms with van der Waals surface area (Å²) in [5.74, 6) is 1.36. The van der Waals surface area contributed by atoms with Crippen molar-refractivity contribution in [1.29, 1.82) is 0 Å². The van der Waals surface area contributed by atoms with E-state index in [2.05, 4.69) is 31.6 Å². The van der Waals surface area contributed by atoms with Crippen LogP contribution in [0.5, 0.6) is 17.2 Å². The number of hydrogen-bond donors (Lipinski definition) is 1. The predicted octanol–water partition coefficient (Wildman–Crippen LogP) is 3.29. The number of carbonyl (C=O) groups is 1. The van der Waals surface area contributed by atoms with Gasteiger partial charge in [0.05, 0.1) is 44.8 Å². The zero-order valence-electron chi connectivity index (χ0n) is 16.5. The van der Waals surface area contributed by atoms with E-state index in [1.807, 2.05) is 24.3 Å². The zero-order valence-corrected chi connectivity index (χ0v) is 18.1. The summed E-state index contributed by atoms with van der Waals surface area (Å²) in [6, 6.07) is 11.1. The van der Waals surface area contributed by atoms with Crippen molar-refractivity contribution in [3.8, 4) is 22.9 Å². The molecule has 0 atom stereocenters. The molecule has 152 valence electrons. The molecule has 0 aliphatic heterocycles. The molecule has 1 aromatic heterocycles. The van der Waals surface area contributed by atoms with Crippen molar-refractivity contribution >= 4 is 21.8 Å².